The Morgan fingerprint density at radius 1 is 1.35 bits per heavy atom. The van der Waals surface area contributed by atoms with E-state index in [-0.39, 0.29) is 19.2 Å². The Kier molecular flexibility index (Phi) is 8.12. The van der Waals surface area contributed by atoms with Crippen molar-refractivity contribution in [2.24, 2.45) is 0 Å². The average Bonchev–Trinajstić information content (AvgIpc) is 2.39. The predicted octanol–water partition coefficient (Wildman–Crippen LogP) is 0.441. The molecule has 3 N–H and O–H groups in total. The third kappa shape index (κ3) is 5.02. The quantitative estimate of drug-likeness (QED) is 0.515. The van der Waals surface area contributed by atoms with E-state index in [1.807, 2.05) is 13.8 Å². The minimum atomic E-state index is -0.813. The van der Waals surface area contributed by atoms with Gasteiger partial charge in [-0.3, -0.25) is 10.1 Å². The Labute approximate surface area is 103 Å². The Balaban J connectivity index is 4.63. The predicted molar refractivity (Wildman–Crippen MR) is 65.7 cm³/mol. The van der Waals surface area contributed by atoms with Crippen molar-refractivity contribution < 1.29 is 19.7 Å². The van der Waals surface area contributed by atoms with Crippen LogP contribution < -0.4 is 5.32 Å². The average molecular weight is 247 g/mol. The number of aliphatic hydroxyl groups is 2. The van der Waals surface area contributed by atoms with Gasteiger partial charge < -0.3 is 14.9 Å². The van der Waals surface area contributed by atoms with Gasteiger partial charge in [0.1, 0.15) is 6.04 Å². The molecule has 0 saturated carbocycles. The molecule has 5 nitrogen and oxygen atoms in total. The Bertz CT molecular complexity index is 208. The smallest absolute Gasteiger partial charge is 0.322 e. The molecule has 5 heteroatoms. The molecule has 0 fully saturated rings. The first-order valence-electron chi connectivity index (χ1n) is 6.16. The number of hydrogen-bond donors (Lipinski definition) is 3. The van der Waals surface area contributed by atoms with Crippen molar-refractivity contribution in [1.29, 1.82) is 0 Å². The lowest BCUT2D eigenvalue weighted by molar-refractivity contribution is -0.144. The molecular weight excluding hydrogens is 222 g/mol. The molecule has 0 radical (unpaired) electrons. The van der Waals surface area contributed by atoms with E-state index >= 15 is 0 Å². The first kappa shape index (κ1) is 16.4. The zero-order chi connectivity index (χ0) is 13.3. The molecule has 0 aromatic carbocycles. The molecule has 0 aromatic rings. The highest BCUT2D eigenvalue weighted by molar-refractivity contribution is 5.75. The SMILES string of the molecule is CCCCC(NC(CC)(CO)CO)C(=O)OC. The van der Waals surface area contributed by atoms with Crippen LogP contribution in [-0.2, 0) is 9.53 Å². The Morgan fingerprint density at radius 3 is 2.29 bits per heavy atom. The number of unbranched alkanes of at least 4 members (excludes halogenated alkanes) is 1. The van der Waals surface area contributed by atoms with Crippen molar-refractivity contribution in [2.45, 2.75) is 51.1 Å². The summed E-state index contributed by atoms with van der Waals surface area (Å²) in [7, 11) is 1.34. The van der Waals surface area contributed by atoms with Gasteiger partial charge in [0, 0.05) is 0 Å². The molecule has 0 amide bonds. The molecular formula is C12H25NO4. The first-order chi connectivity index (χ1) is 8.09. The summed E-state index contributed by atoms with van der Waals surface area (Å²) in [5, 5.41) is 21.7. The maximum absolute atomic E-state index is 11.6. The monoisotopic (exact) mass is 247 g/mol. The molecule has 0 aliphatic carbocycles. The highest BCUT2D eigenvalue weighted by Gasteiger charge is 2.32. The van der Waals surface area contributed by atoms with E-state index in [2.05, 4.69) is 5.32 Å². The van der Waals surface area contributed by atoms with Crippen molar-refractivity contribution >= 4 is 5.97 Å². The van der Waals surface area contributed by atoms with Crippen LogP contribution in [0.5, 0.6) is 0 Å². The van der Waals surface area contributed by atoms with Crippen molar-refractivity contribution in [3.05, 3.63) is 0 Å². The van der Waals surface area contributed by atoms with E-state index in [1.54, 1.807) is 0 Å². The summed E-state index contributed by atoms with van der Waals surface area (Å²) in [4.78, 5) is 11.6. The van der Waals surface area contributed by atoms with Gasteiger partial charge in [0.15, 0.2) is 0 Å². The van der Waals surface area contributed by atoms with Crippen LogP contribution in [0.2, 0.25) is 0 Å². The lowest BCUT2D eigenvalue weighted by Gasteiger charge is -2.33. The number of aliphatic hydroxyl groups excluding tert-OH is 2. The molecule has 0 spiro atoms. The third-order valence-electron chi connectivity index (χ3n) is 3.09. The molecule has 1 unspecified atom stereocenters. The van der Waals surface area contributed by atoms with Crippen molar-refractivity contribution in [2.75, 3.05) is 20.3 Å². The Morgan fingerprint density at radius 2 is 1.94 bits per heavy atom. The first-order valence-corrected chi connectivity index (χ1v) is 6.16. The minimum absolute atomic E-state index is 0.209. The normalized spacial score (nSPS) is 13.5. The molecule has 0 rings (SSSR count). The van der Waals surface area contributed by atoms with Gasteiger partial charge in [-0.05, 0) is 12.8 Å². The number of nitrogens with one attached hydrogen (secondary N) is 1. The van der Waals surface area contributed by atoms with Crippen molar-refractivity contribution in [1.82, 2.24) is 5.32 Å². The third-order valence-corrected chi connectivity index (χ3v) is 3.09. The number of esters is 1. The zero-order valence-corrected chi connectivity index (χ0v) is 11.0. The molecule has 102 valence electrons. The van der Waals surface area contributed by atoms with Gasteiger partial charge in [-0.25, -0.2) is 0 Å². The van der Waals surface area contributed by atoms with Crippen molar-refractivity contribution in [3.63, 3.8) is 0 Å². The number of methoxy groups -OCH3 is 1. The van der Waals surface area contributed by atoms with Crippen LogP contribution in [0.4, 0.5) is 0 Å². The molecule has 0 saturated heterocycles. The van der Waals surface area contributed by atoms with E-state index in [4.69, 9.17) is 4.74 Å². The largest absolute Gasteiger partial charge is 0.468 e. The number of rotatable bonds is 9. The molecule has 0 bridgehead atoms. The summed E-state index contributed by atoms with van der Waals surface area (Å²) < 4.78 is 4.72. The second kappa shape index (κ2) is 8.44. The Hall–Kier alpha value is -0.650. The summed E-state index contributed by atoms with van der Waals surface area (Å²) in [6.45, 7) is 3.48. The van der Waals surface area contributed by atoms with Gasteiger partial charge in [-0.15, -0.1) is 0 Å². The summed E-state index contributed by atoms with van der Waals surface area (Å²) in [5.74, 6) is -0.349. The highest BCUT2D eigenvalue weighted by Crippen LogP contribution is 2.13. The van der Waals surface area contributed by atoms with Gasteiger partial charge in [0.2, 0.25) is 0 Å². The molecule has 0 aliphatic rings. The molecule has 17 heavy (non-hydrogen) atoms. The van der Waals surface area contributed by atoms with Gasteiger partial charge in [0.05, 0.1) is 25.9 Å². The van der Waals surface area contributed by atoms with E-state index in [1.165, 1.54) is 7.11 Å². The topological polar surface area (TPSA) is 78.8 Å². The number of ether oxygens (including phenoxy) is 1. The summed E-state index contributed by atoms with van der Waals surface area (Å²) in [5.41, 5.74) is -0.813. The van der Waals surface area contributed by atoms with Crippen molar-refractivity contribution in [3.8, 4) is 0 Å². The summed E-state index contributed by atoms with van der Waals surface area (Å²) >= 11 is 0. The minimum Gasteiger partial charge on any atom is -0.468 e. The fraction of sp³-hybridized carbons (Fsp3) is 0.917. The maximum atomic E-state index is 11.6. The van der Waals surface area contributed by atoms with Crippen LogP contribution in [0.25, 0.3) is 0 Å². The summed E-state index contributed by atoms with van der Waals surface area (Å²) in [6.07, 6.45) is 3.06. The molecule has 0 aromatic heterocycles. The molecule has 0 heterocycles. The van der Waals surface area contributed by atoms with Crippen LogP contribution in [0.15, 0.2) is 0 Å². The second-order valence-corrected chi connectivity index (χ2v) is 4.31. The fourth-order valence-electron chi connectivity index (χ4n) is 1.64. The maximum Gasteiger partial charge on any atom is 0.322 e. The molecule has 1 atom stereocenters. The van der Waals surface area contributed by atoms with Gasteiger partial charge in [0.25, 0.3) is 0 Å². The lowest BCUT2D eigenvalue weighted by atomic mass is 9.95. The highest BCUT2D eigenvalue weighted by atomic mass is 16.5. The number of carbonyl (C=O) groups is 1. The van der Waals surface area contributed by atoms with Crippen LogP contribution in [0, 0.1) is 0 Å². The number of hydrogen-bond acceptors (Lipinski definition) is 5. The summed E-state index contributed by atoms with van der Waals surface area (Å²) in [6, 6.07) is -0.473. The second-order valence-electron chi connectivity index (χ2n) is 4.31. The van der Waals surface area contributed by atoms with Crippen LogP contribution in [0.3, 0.4) is 0 Å². The van der Waals surface area contributed by atoms with Gasteiger partial charge in [-0.2, -0.15) is 0 Å². The van der Waals surface area contributed by atoms with E-state index < -0.39 is 11.6 Å². The van der Waals surface area contributed by atoms with Gasteiger partial charge in [-0.1, -0.05) is 26.7 Å². The lowest BCUT2D eigenvalue weighted by Crippen LogP contribution is -2.57. The van der Waals surface area contributed by atoms with Crippen LogP contribution in [-0.4, -0.2) is 48.1 Å². The van der Waals surface area contributed by atoms with Crippen LogP contribution in [0.1, 0.15) is 39.5 Å². The van der Waals surface area contributed by atoms with Gasteiger partial charge >= 0.3 is 5.97 Å². The van der Waals surface area contributed by atoms with E-state index in [0.29, 0.717) is 12.8 Å². The van der Waals surface area contributed by atoms with E-state index in [9.17, 15) is 15.0 Å². The fourth-order valence-corrected chi connectivity index (χ4v) is 1.64. The standard InChI is InChI=1S/C12H25NO4/c1-4-6-7-10(11(16)17-3)13-12(5-2,8-14)9-15/h10,13-15H,4-9H2,1-3H3. The number of carbonyl (C=O) groups excluding carboxylic acids is 1. The molecule has 0 aliphatic heterocycles. The van der Waals surface area contributed by atoms with Crippen LogP contribution >= 0.6 is 0 Å². The van der Waals surface area contributed by atoms with E-state index in [0.717, 1.165) is 12.8 Å². The zero-order valence-electron chi connectivity index (χ0n) is 11.0.